The lowest BCUT2D eigenvalue weighted by atomic mass is 9.59. The predicted molar refractivity (Wildman–Crippen MR) is 111 cm³/mol. The van der Waals surface area contributed by atoms with Gasteiger partial charge in [-0.15, -0.1) is 0 Å². The third kappa shape index (κ3) is 2.97. The van der Waals surface area contributed by atoms with E-state index in [0.29, 0.717) is 11.8 Å². The molecule has 0 bridgehead atoms. The first-order valence-corrected chi connectivity index (χ1v) is 9.84. The van der Waals surface area contributed by atoms with Crippen LogP contribution >= 0.6 is 0 Å². The molecule has 0 N–H and O–H groups in total. The van der Waals surface area contributed by atoms with Gasteiger partial charge in [0.2, 0.25) is 0 Å². The first-order valence-electron chi connectivity index (χ1n) is 9.84. The van der Waals surface area contributed by atoms with Crippen LogP contribution in [0.5, 0.6) is 0 Å². The van der Waals surface area contributed by atoms with Gasteiger partial charge in [0.15, 0.2) is 0 Å². The summed E-state index contributed by atoms with van der Waals surface area (Å²) in [6, 6.07) is 6.89. The molecule has 1 aromatic rings. The van der Waals surface area contributed by atoms with Crippen molar-refractivity contribution in [1.29, 1.82) is 0 Å². The highest BCUT2D eigenvalue weighted by Crippen LogP contribution is 2.53. The summed E-state index contributed by atoms with van der Waals surface area (Å²) in [6.07, 6.45) is 17.4. The van der Waals surface area contributed by atoms with Crippen LogP contribution in [0.25, 0.3) is 6.08 Å². The molecule has 0 saturated heterocycles. The summed E-state index contributed by atoms with van der Waals surface area (Å²) in [6.45, 7) is 11.4. The van der Waals surface area contributed by atoms with Crippen LogP contribution in [0.2, 0.25) is 0 Å². The number of rotatable bonds is 4. The Hall–Kier alpha value is -1.82. The maximum atomic E-state index is 2.43. The fourth-order valence-corrected chi connectivity index (χ4v) is 4.92. The second-order valence-corrected chi connectivity index (χ2v) is 7.90. The van der Waals surface area contributed by atoms with E-state index >= 15 is 0 Å². The Labute approximate surface area is 154 Å². The fraction of sp³-hybridized carbons (Fsp3) is 0.440. The maximum Gasteiger partial charge on any atom is 0.0149 e. The highest BCUT2D eigenvalue weighted by atomic mass is 14.4. The van der Waals surface area contributed by atoms with E-state index in [0.717, 1.165) is 6.42 Å². The molecule has 0 spiro atoms. The second-order valence-electron chi connectivity index (χ2n) is 7.90. The Morgan fingerprint density at radius 1 is 1.16 bits per heavy atom. The van der Waals surface area contributed by atoms with Crippen molar-refractivity contribution in [3.8, 4) is 0 Å². The third-order valence-electron chi connectivity index (χ3n) is 6.08. The van der Waals surface area contributed by atoms with E-state index < -0.39 is 0 Å². The first kappa shape index (κ1) is 18.0. The molecule has 3 rings (SSSR count). The zero-order chi connectivity index (χ0) is 18.0. The van der Waals surface area contributed by atoms with Gasteiger partial charge in [-0.1, -0.05) is 81.0 Å². The van der Waals surface area contributed by atoms with Crippen LogP contribution in [-0.2, 0) is 5.41 Å². The smallest absolute Gasteiger partial charge is 0.0149 e. The molecular formula is C25H32. The van der Waals surface area contributed by atoms with E-state index in [-0.39, 0.29) is 5.41 Å². The minimum Gasteiger partial charge on any atom is -0.0916 e. The average molecular weight is 333 g/mol. The second kappa shape index (κ2) is 7.20. The van der Waals surface area contributed by atoms with Crippen molar-refractivity contribution in [3.05, 3.63) is 76.4 Å². The molecule has 0 nitrogen and oxygen atoms in total. The topological polar surface area (TPSA) is 0 Å². The van der Waals surface area contributed by atoms with Crippen LogP contribution in [0.3, 0.4) is 0 Å². The highest BCUT2D eigenvalue weighted by molar-refractivity contribution is 5.65. The molecule has 1 aromatic carbocycles. The lowest BCUT2D eigenvalue weighted by Gasteiger charge is -2.45. The SMILES string of the molecule is CC=CCC1CC=CC2=C1C(CC)c1c(/C=C\C)cccc1C2(C)C. The summed E-state index contributed by atoms with van der Waals surface area (Å²) in [7, 11) is 0. The van der Waals surface area contributed by atoms with Gasteiger partial charge in [-0.2, -0.15) is 0 Å². The van der Waals surface area contributed by atoms with Crippen molar-refractivity contribution in [1.82, 2.24) is 0 Å². The van der Waals surface area contributed by atoms with Gasteiger partial charge in [-0.3, -0.25) is 0 Å². The van der Waals surface area contributed by atoms with E-state index in [9.17, 15) is 0 Å². The van der Waals surface area contributed by atoms with E-state index in [2.05, 4.69) is 89.3 Å². The van der Waals surface area contributed by atoms with Crippen molar-refractivity contribution < 1.29 is 0 Å². The zero-order valence-electron chi connectivity index (χ0n) is 16.5. The van der Waals surface area contributed by atoms with E-state index in [1.54, 1.807) is 16.7 Å². The molecule has 2 unspecified atom stereocenters. The molecule has 0 heteroatoms. The van der Waals surface area contributed by atoms with Crippen molar-refractivity contribution in [2.75, 3.05) is 0 Å². The maximum absolute atomic E-state index is 2.43. The van der Waals surface area contributed by atoms with Gasteiger partial charge >= 0.3 is 0 Å². The number of allylic oxidation sites excluding steroid dienone is 7. The summed E-state index contributed by atoms with van der Waals surface area (Å²) in [5.74, 6) is 1.19. The number of benzene rings is 1. The molecule has 2 aliphatic carbocycles. The highest BCUT2D eigenvalue weighted by Gasteiger charge is 2.41. The molecule has 0 saturated carbocycles. The van der Waals surface area contributed by atoms with Gasteiger partial charge in [0, 0.05) is 11.3 Å². The predicted octanol–water partition coefficient (Wildman–Crippen LogP) is 7.34. The van der Waals surface area contributed by atoms with Crippen molar-refractivity contribution in [2.45, 2.75) is 65.2 Å². The Kier molecular flexibility index (Phi) is 5.18. The lowest BCUT2D eigenvalue weighted by Crippen LogP contribution is -2.33. The van der Waals surface area contributed by atoms with Gasteiger partial charge in [-0.25, -0.2) is 0 Å². The fourth-order valence-electron chi connectivity index (χ4n) is 4.92. The van der Waals surface area contributed by atoms with Crippen LogP contribution in [0.4, 0.5) is 0 Å². The summed E-state index contributed by atoms with van der Waals surface area (Å²) in [5.41, 5.74) is 7.87. The third-order valence-corrected chi connectivity index (χ3v) is 6.08. The Morgan fingerprint density at radius 2 is 1.96 bits per heavy atom. The Balaban J connectivity index is 2.25. The minimum absolute atomic E-state index is 0.0824. The van der Waals surface area contributed by atoms with Gasteiger partial charge in [0.1, 0.15) is 0 Å². The molecule has 2 aliphatic rings. The number of hydrogen-bond acceptors (Lipinski definition) is 0. The van der Waals surface area contributed by atoms with Crippen LogP contribution in [0, 0.1) is 5.92 Å². The molecule has 0 aliphatic heterocycles. The zero-order valence-corrected chi connectivity index (χ0v) is 16.5. The largest absolute Gasteiger partial charge is 0.0916 e. The Bertz CT molecular complexity index is 752. The monoisotopic (exact) mass is 332 g/mol. The van der Waals surface area contributed by atoms with Crippen molar-refractivity contribution in [3.63, 3.8) is 0 Å². The summed E-state index contributed by atoms with van der Waals surface area (Å²) in [4.78, 5) is 0. The molecule has 0 fully saturated rings. The number of fused-ring (bicyclic) bond motifs is 1. The van der Waals surface area contributed by atoms with Gasteiger partial charge in [0.25, 0.3) is 0 Å². The quantitative estimate of drug-likeness (QED) is 0.506. The van der Waals surface area contributed by atoms with Crippen LogP contribution in [0.1, 0.15) is 76.5 Å². The summed E-state index contributed by atoms with van der Waals surface area (Å²) >= 11 is 0. The summed E-state index contributed by atoms with van der Waals surface area (Å²) < 4.78 is 0. The molecule has 0 amide bonds. The first-order chi connectivity index (χ1) is 12.1. The van der Waals surface area contributed by atoms with Crippen LogP contribution in [0.15, 0.2) is 59.7 Å². The van der Waals surface area contributed by atoms with Crippen molar-refractivity contribution >= 4 is 6.08 Å². The van der Waals surface area contributed by atoms with E-state index in [1.807, 2.05) is 0 Å². The molecule has 2 atom stereocenters. The molecule has 25 heavy (non-hydrogen) atoms. The molecular weight excluding hydrogens is 300 g/mol. The Morgan fingerprint density at radius 3 is 2.64 bits per heavy atom. The standard InChI is InChI=1S/C25H32/c1-6-9-13-19-15-11-17-22-24(19)20(8-3)23-18(12-7-2)14-10-16-21(23)25(22,4)5/h6-7,9-12,14,16-17,19-20H,8,13,15H2,1-5H3/b9-6?,12-7-. The van der Waals surface area contributed by atoms with Gasteiger partial charge in [0.05, 0.1) is 0 Å². The van der Waals surface area contributed by atoms with Gasteiger partial charge in [-0.05, 0) is 61.3 Å². The normalized spacial score (nSPS) is 24.8. The summed E-state index contributed by atoms with van der Waals surface area (Å²) in [5, 5.41) is 0. The molecule has 0 heterocycles. The van der Waals surface area contributed by atoms with Crippen LogP contribution in [-0.4, -0.2) is 0 Å². The van der Waals surface area contributed by atoms with E-state index in [1.165, 1.54) is 24.0 Å². The molecule has 0 aromatic heterocycles. The number of hydrogen-bond donors (Lipinski definition) is 0. The minimum atomic E-state index is 0.0824. The van der Waals surface area contributed by atoms with Gasteiger partial charge < -0.3 is 0 Å². The van der Waals surface area contributed by atoms with Crippen molar-refractivity contribution in [2.24, 2.45) is 5.92 Å². The molecule has 0 radical (unpaired) electrons. The van der Waals surface area contributed by atoms with E-state index in [4.69, 9.17) is 0 Å². The van der Waals surface area contributed by atoms with Crippen LogP contribution < -0.4 is 0 Å². The lowest BCUT2D eigenvalue weighted by molar-refractivity contribution is 0.486. The average Bonchev–Trinajstić information content (AvgIpc) is 2.61. The molecule has 132 valence electrons.